The SMILES string of the molecule is c1ccc(-c2ccc(-c3ccccc3-c3ccc(-c4nc5ccccc5o4)cc3)c(-c3ccccc3-c3ccc(-c4nc5ccccc5o4)cc3)n2)nc1. The van der Waals surface area contributed by atoms with Crippen molar-refractivity contribution in [3.8, 4) is 78.9 Å². The third kappa shape index (κ3) is 5.72. The normalized spacial score (nSPS) is 11.3. The topological polar surface area (TPSA) is 77.8 Å². The molecule has 0 saturated carbocycles. The Morgan fingerprint density at radius 1 is 0.315 bits per heavy atom. The van der Waals surface area contributed by atoms with Crippen LogP contribution in [0.25, 0.3) is 101 Å². The molecule has 6 heteroatoms. The molecule has 4 aromatic heterocycles. The van der Waals surface area contributed by atoms with Gasteiger partial charge in [-0.05, 0) is 101 Å². The first-order valence-electron chi connectivity index (χ1n) is 17.8. The van der Waals surface area contributed by atoms with Crippen LogP contribution in [0.15, 0.2) is 191 Å². The van der Waals surface area contributed by atoms with Crippen LogP contribution in [0, 0.1) is 0 Å². The molecular weight excluding hydrogens is 665 g/mol. The van der Waals surface area contributed by atoms with Crippen molar-refractivity contribution in [1.29, 1.82) is 0 Å². The van der Waals surface area contributed by atoms with Gasteiger partial charge in [0.05, 0.1) is 17.1 Å². The largest absolute Gasteiger partial charge is 0.436 e. The highest BCUT2D eigenvalue weighted by Crippen LogP contribution is 2.42. The molecule has 0 spiro atoms. The lowest BCUT2D eigenvalue weighted by Gasteiger charge is -2.18. The minimum absolute atomic E-state index is 0.599. The van der Waals surface area contributed by atoms with Crippen molar-refractivity contribution in [3.63, 3.8) is 0 Å². The van der Waals surface area contributed by atoms with E-state index in [1.807, 2.05) is 66.7 Å². The molecule has 0 aliphatic heterocycles. The van der Waals surface area contributed by atoms with Gasteiger partial charge < -0.3 is 8.83 Å². The Hall–Kier alpha value is -7.44. The molecule has 0 amide bonds. The van der Waals surface area contributed by atoms with E-state index in [1.54, 1.807) is 6.20 Å². The number of nitrogens with zero attached hydrogens (tertiary/aromatic N) is 4. The van der Waals surface area contributed by atoms with E-state index in [9.17, 15) is 0 Å². The lowest BCUT2D eigenvalue weighted by molar-refractivity contribution is 0.619. The highest BCUT2D eigenvalue weighted by molar-refractivity contribution is 5.95. The lowest BCUT2D eigenvalue weighted by Crippen LogP contribution is -1.97. The number of rotatable bonds is 7. The quantitative estimate of drug-likeness (QED) is 0.165. The zero-order valence-electron chi connectivity index (χ0n) is 28.9. The smallest absolute Gasteiger partial charge is 0.227 e. The van der Waals surface area contributed by atoms with Gasteiger partial charge in [-0.3, -0.25) is 4.98 Å². The highest BCUT2D eigenvalue weighted by Gasteiger charge is 2.19. The van der Waals surface area contributed by atoms with Crippen molar-refractivity contribution in [2.24, 2.45) is 0 Å². The van der Waals surface area contributed by atoms with E-state index in [0.29, 0.717) is 11.8 Å². The van der Waals surface area contributed by atoms with Crippen molar-refractivity contribution >= 4 is 22.2 Å². The van der Waals surface area contributed by atoms with E-state index in [1.165, 1.54) is 0 Å². The molecule has 0 unspecified atom stereocenters. The molecule has 0 aliphatic rings. The standard InChI is InChI=1S/C48H30N4O2/c1-3-13-37(35(11-1)31-20-24-33(25-21-31)47-51-42-16-5-7-18-44(42)53-47)39-28-29-41(40-15-9-10-30-49-40)50-46(39)38-14-4-2-12-36(38)32-22-26-34(27-23-32)48-52-43-17-6-8-19-45(43)54-48/h1-30H. The third-order valence-electron chi connectivity index (χ3n) is 9.70. The number of fused-ring (bicyclic) bond motifs is 2. The Kier molecular flexibility index (Phi) is 7.69. The van der Waals surface area contributed by atoms with Gasteiger partial charge >= 0.3 is 0 Å². The van der Waals surface area contributed by atoms with Gasteiger partial charge in [0.25, 0.3) is 0 Å². The second-order valence-corrected chi connectivity index (χ2v) is 13.0. The molecule has 10 rings (SSSR count). The van der Waals surface area contributed by atoms with Gasteiger partial charge in [-0.2, -0.15) is 0 Å². The van der Waals surface area contributed by atoms with E-state index in [2.05, 4.69) is 114 Å². The van der Waals surface area contributed by atoms with Crippen molar-refractivity contribution < 1.29 is 8.83 Å². The second kappa shape index (κ2) is 13.3. The lowest BCUT2D eigenvalue weighted by atomic mass is 9.89. The first-order chi connectivity index (χ1) is 26.7. The number of hydrogen-bond donors (Lipinski definition) is 0. The van der Waals surface area contributed by atoms with Gasteiger partial charge in [0, 0.05) is 28.5 Å². The Balaban J connectivity index is 1.08. The number of oxazole rings is 2. The number of para-hydroxylation sites is 4. The monoisotopic (exact) mass is 694 g/mol. The van der Waals surface area contributed by atoms with Gasteiger partial charge in [0.1, 0.15) is 11.0 Å². The molecule has 0 fully saturated rings. The molecule has 0 saturated heterocycles. The molecule has 0 N–H and O–H groups in total. The van der Waals surface area contributed by atoms with E-state index in [0.717, 1.165) is 89.4 Å². The zero-order chi connectivity index (χ0) is 35.8. The summed E-state index contributed by atoms with van der Waals surface area (Å²) in [6, 6.07) is 59.5. The molecule has 6 nitrogen and oxygen atoms in total. The first kappa shape index (κ1) is 31.3. The fraction of sp³-hybridized carbons (Fsp3) is 0. The van der Waals surface area contributed by atoms with E-state index in [-0.39, 0.29) is 0 Å². The summed E-state index contributed by atoms with van der Waals surface area (Å²) in [6.07, 6.45) is 1.80. The summed E-state index contributed by atoms with van der Waals surface area (Å²) in [5.41, 5.74) is 14.9. The van der Waals surface area contributed by atoms with E-state index in [4.69, 9.17) is 23.8 Å². The van der Waals surface area contributed by atoms with Crippen LogP contribution in [0.1, 0.15) is 0 Å². The molecule has 6 aromatic carbocycles. The van der Waals surface area contributed by atoms with Crippen LogP contribution >= 0.6 is 0 Å². The van der Waals surface area contributed by atoms with Crippen LogP contribution in [0.3, 0.4) is 0 Å². The molecular formula is C48H30N4O2. The van der Waals surface area contributed by atoms with Crippen molar-refractivity contribution in [2.75, 3.05) is 0 Å². The molecule has 0 aliphatic carbocycles. The molecule has 0 radical (unpaired) electrons. The third-order valence-corrected chi connectivity index (χ3v) is 9.70. The zero-order valence-corrected chi connectivity index (χ0v) is 28.9. The van der Waals surface area contributed by atoms with Crippen LogP contribution in [0.5, 0.6) is 0 Å². The van der Waals surface area contributed by atoms with Gasteiger partial charge in [0.2, 0.25) is 11.8 Å². The highest BCUT2D eigenvalue weighted by atomic mass is 16.4. The van der Waals surface area contributed by atoms with Crippen molar-refractivity contribution in [2.45, 2.75) is 0 Å². The average molecular weight is 695 g/mol. The summed E-state index contributed by atoms with van der Waals surface area (Å²) in [4.78, 5) is 19.4. The van der Waals surface area contributed by atoms with Crippen LogP contribution in [-0.4, -0.2) is 19.9 Å². The molecule has 0 bridgehead atoms. The number of hydrogen-bond acceptors (Lipinski definition) is 6. The molecule has 4 heterocycles. The predicted octanol–water partition coefficient (Wildman–Crippen LogP) is 12.4. The number of aromatic nitrogens is 4. The maximum absolute atomic E-state index is 6.07. The Bertz CT molecular complexity index is 2860. The van der Waals surface area contributed by atoms with Crippen molar-refractivity contribution in [3.05, 3.63) is 182 Å². The van der Waals surface area contributed by atoms with E-state index >= 15 is 0 Å². The van der Waals surface area contributed by atoms with Crippen LogP contribution < -0.4 is 0 Å². The molecule has 254 valence electrons. The van der Waals surface area contributed by atoms with Gasteiger partial charge in [-0.25, -0.2) is 15.0 Å². The predicted molar refractivity (Wildman–Crippen MR) is 215 cm³/mol. The fourth-order valence-electron chi connectivity index (χ4n) is 7.03. The van der Waals surface area contributed by atoms with Crippen LogP contribution in [-0.2, 0) is 0 Å². The van der Waals surface area contributed by atoms with E-state index < -0.39 is 0 Å². The summed E-state index contributed by atoms with van der Waals surface area (Å²) in [5, 5.41) is 0. The minimum atomic E-state index is 0.599. The minimum Gasteiger partial charge on any atom is -0.436 e. The van der Waals surface area contributed by atoms with Gasteiger partial charge in [-0.1, -0.05) is 103 Å². The summed E-state index contributed by atoms with van der Waals surface area (Å²) < 4.78 is 12.1. The second-order valence-electron chi connectivity index (χ2n) is 13.0. The van der Waals surface area contributed by atoms with Crippen LogP contribution in [0.4, 0.5) is 0 Å². The Morgan fingerprint density at radius 2 is 0.796 bits per heavy atom. The summed E-state index contributed by atoms with van der Waals surface area (Å²) in [7, 11) is 0. The van der Waals surface area contributed by atoms with Crippen LogP contribution in [0.2, 0.25) is 0 Å². The van der Waals surface area contributed by atoms with Gasteiger partial charge in [-0.15, -0.1) is 0 Å². The number of pyridine rings is 2. The van der Waals surface area contributed by atoms with Crippen molar-refractivity contribution in [1.82, 2.24) is 19.9 Å². The molecule has 54 heavy (non-hydrogen) atoms. The average Bonchev–Trinajstić information content (AvgIpc) is 3.89. The number of benzene rings is 6. The fourth-order valence-corrected chi connectivity index (χ4v) is 7.03. The molecule has 0 atom stereocenters. The Labute approximate surface area is 311 Å². The summed E-state index contributed by atoms with van der Waals surface area (Å²) >= 11 is 0. The Morgan fingerprint density at radius 3 is 1.35 bits per heavy atom. The maximum atomic E-state index is 6.07. The first-order valence-corrected chi connectivity index (χ1v) is 17.8. The van der Waals surface area contributed by atoms with Gasteiger partial charge in [0.15, 0.2) is 11.2 Å². The summed E-state index contributed by atoms with van der Waals surface area (Å²) in [5.74, 6) is 1.20. The molecule has 10 aromatic rings. The summed E-state index contributed by atoms with van der Waals surface area (Å²) in [6.45, 7) is 0. The maximum Gasteiger partial charge on any atom is 0.227 e.